The molecule has 0 saturated carbocycles. The molecule has 2 saturated heterocycles. The van der Waals surface area contributed by atoms with E-state index in [-0.39, 0.29) is 7.43 Å². The maximum atomic E-state index is 5.36. The van der Waals surface area contributed by atoms with E-state index in [1.807, 2.05) is 0 Å². The molecule has 2 nitrogen and oxygen atoms in total. The molecule has 2 aliphatic rings. The molecule has 0 aliphatic carbocycles. The highest BCUT2D eigenvalue weighted by atomic mass is 16.5. The molecule has 0 aromatic rings. The van der Waals surface area contributed by atoms with Crippen molar-refractivity contribution < 1.29 is 4.74 Å². The fourth-order valence-corrected chi connectivity index (χ4v) is 2.33. The van der Waals surface area contributed by atoms with Gasteiger partial charge in [0.25, 0.3) is 0 Å². The maximum Gasteiger partial charge on any atom is 0.0480 e. The second-order valence-corrected chi connectivity index (χ2v) is 4.65. The summed E-state index contributed by atoms with van der Waals surface area (Å²) in [5.41, 5.74) is 0. The van der Waals surface area contributed by atoms with E-state index >= 15 is 0 Å². The Labute approximate surface area is 102 Å². The van der Waals surface area contributed by atoms with E-state index in [0.29, 0.717) is 0 Å². The Morgan fingerprint density at radius 3 is 2.00 bits per heavy atom. The zero-order valence-corrected chi connectivity index (χ0v) is 10.5. The third-order valence-electron chi connectivity index (χ3n) is 3.10. The van der Waals surface area contributed by atoms with Crippen molar-refractivity contribution in [2.75, 3.05) is 26.3 Å². The predicted octanol–water partition coefficient (Wildman–Crippen LogP) is 3.70. The molecule has 2 aliphatic heterocycles. The van der Waals surface area contributed by atoms with Crippen LogP contribution in [0.1, 0.15) is 59.8 Å². The zero-order valence-electron chi connectivity index (χ0n) is 10.5. The lowest BCUT2D eigenvalue weighted by Crippen LogP contribution is -2.42. The molecule has 2 rings (SSSR count). The lowest BCUT2D eigenvalue weighted by molar-refractivity contribution is 0.0274. The zero-order chi connectivity index (χ0) is 10.9. The molecule has 0 spiro atoms. The standard InChI is InChI=1S/C10H19NO.C3H8.CH4/c1-2-6-11(7-3-1)10-4-8-12-9-5-10;1-3-2;/h10H,1-9H2;3H2,1-2H3;1H4. The van der Waals surface area contributed by atoms with Crippen LogP contribution in [-0.4, -0.2) is 37.2 Å². The van der Waals surface area contributed by atoms with Crippen LogP contribution < -0.4 is 0 Å². The normalized spacial score (nSPS) is 22.9. The Morgan fingerprint density at radius 2 is 1.50 bits per heavy atom. The van der Waals surface area contributed by atoms with E-state index < -0.39 is 0 Å². The summed E-state index contributed by atoms with van der Waals surface area (Å²) in [4.78, 5) is 2.67. The number of hydrogen-bond donors (Lipinski definition) is 0. The molecule has 0 atom stereocenters. The van der Waals surface area contributed by atoms with Gasteiger partial charge in [-0.3, -0.25) is 0 Å². The van der Waals surface area contributed by atoms with Crippen molar-refractivity contribution >= 4 is 0 Å². The quantitative estimate of drug-likeness (QED) is 0.680. The van der Waals surface area contributed by atoms with Gasteiger partial charge in [-0.2, -0.15) is 0 Å². The van der Waals surface area contributed by atoms with Gasteiger partial charge in [-0.15, -0.1) is 0 Å². The molecule has 0 aromatic heterocycles. The van der Waals surface area contributed by atoms with Gasteiger partial charge in [0.05, 0.1) is 0 Å². The van der Waals surface area contributed by atoms with Crippen molar-refractivity contribution in [3.8, 4) is 0 Å². The Balaban J connectivity index is 0.000000511. The Hall–Kier alpha value is -0.0800. The third-order valence-corrected chi connectivity index (χ3v) is 3.10. The van der Waals surface area contributed by atoms with Gasteiger partial charge in [-0.05, 0) is 38.8 Å². The molecule has 0 unspecified atom stereocenters. The van der Waals surface area contributed by atoms with Crippen molar-refractivity contribution in [1.29, 1.82) is 0 Å². The highest BCUT2D eigenvalue weighted by molar-refractivity contribution is 4.76. The van der Waals surface area contributed by atoms with Gasteiger partial charge >= 0.3 is 0 Å². The van der Waals surface area contributed by atoms with Gasteiger partial charge in [0.15, 0.2) is 0 Å². The second kappa shape index (κ2) is 10.1. The minimum atomic E-state index is 0. The van der Waals surface area contributed by atoms with Crippen LogP contribution in [0.15, 0.2) is 0 Å². The summed E-state index contributed by atoms with van der Waals surface area (Å²) in [6.07, 6.45) is 8.05. The van der Waals surface area contributed by atoms with E-state index in [1.165, 1.54) is 51.6 Å². The van der Waals surface area contributed by atoms with Gasteiger partial charge < -0.3 is 9.64 Å². The SMILES string of the molecule is C.C1CCN(C2CCOCC2)CC1.CCC. The second-order valence-electron chi connectivity index (χ2n) is 4.65. The van der Waals surface area contributed by atoms with Crippen LogP contribution in [-0.2, 0) is 4.74 Å². The summed E-state index contributed by atoms with van der Waals surface area (Å²) < 4.78 is 5.36. The fourth-order valence-electron chi connectivity index (χ4n) is 2.33. The van der Waals surface area contributed by atoms with Crippen molar-refractivity contribution in [2.45, 2.75) is 65.8 Å². The van der Waals surface area contributed by atoms with E-state index in [1.54, 1.807) is 0 Å². The van der Waals surface area contributed by atoms with Gasteiger partial charge in [0.1, 0.15) is 0 Å². The molecular weight excluding hydrogens is 198 g/mol. The summed E-state index contributed by atoms with van der Waals surface area (Å²) in [6.45, 7) is 8.90. The molecule has 0 bridgehead atoms. The first-order valence-electron chi connectivity index (χ1n) is 6.70. The maximum absolute atomic E-state index is 5.36. The van der Waals surface area contributed by atoms with Crippen molar-refractivity contribution in [3.63, 3.8) is 0 Å². The molecule has 2 heterocycles. The largest absolute Gasteiger partial charge is 0.381 e. The summed E-state index contributed by atoms with van der Waals surface area (Å²) in [5, 5.41) is 0. The molecule has 98 valence electrons. The van der Waals surface area contributed by atoms with Gasteiger partial charge in [-0.25, -0.2) is 0 Å². The van der Waals surface area contributed by atoms with Crippen LogP contribution in [0.3, 0.4) is 0 Å². The molecule has 16 heavy (non-hydrogen) atoms. The average molecular weight is 229 g/mol. The highest BCUT2D eigenvalue weighted by Gasteiger charge is 2.22. The molecule has 2 fully saturated rings. The molecule has 0 N–H and O–H groups in total. The molecule has 0 aromatic carbocycles. The number of piperidine rings is 1. The van der Waals surface area contributed by atoms with E-state index in [9.17, 15) is 0 Å². The van der Waals surface area contributed by atoms with Gasteiger partial charge in [0.2, 0.25) is 0 Å². The first-order valence-corrected chi connectivity index (χ1v) is 6.70. The Kier molecular flexibility index (Phi) is 10.0. The van der Waals surface area contributed by atoms with Gasteiger partial charge in [0, 0.05) is 19.3 Å². The number of hydrogen-bond acceptors (Lipinski definition) is 2. The van der Waals surface area contributed by atoms with E-state index in [2.05, 4.69) is 18.7 Å². The summed E-state index contributed by atoms with van der Waals surface area (Å²) in [6, 6.07) is 0.846. The monoisotopic (exact) mass is 229 g/mol. The molecule has 2 heteroatoms. The third kappa shape index (κ3) is 5.86. The van der Waals surface area contributed by atoms with Crippen LogP contribution in [0.25, 0.3) is 0 Å². The van der Waals surface area contributed by atoms with Crippen LogP contribution >= 0.6 is 0 Å². The summed E-state index contributed by atoms with van der Waals surface area (Å²) in [5.74, 6) is 0. The number of nitrogens with zero attached hydrogens (tertiary/aromatic N) is 1. The van der Waals surface area contributed by atoms with Crippen LogP contribution in [0.4, 0.5) is 0 Å². The van der Waals surface area contributed by atoms with Crippen molar-refractivity contribution in [2.24, 2.45) is 0 Å². The Morgan fingerprint density at radius 1 is 1.00 bits per heavy atom. The molecule has 0 amide bonds. The summed E-state index contributed by atoms with van der Waals surface area (Å²) >= 11 is 0. The predicted molar refractivity (Wildman–Crippen MR) is 72.0 cm³/mol. The van der Waals surface area contributed by atoms with E-state index in [4.69, 9.17) is 4.74 Å². The number of ether oxygens (including phenoxy) is 1. The lowest BCUT2D eigenvalue weighted by atomic mass is 10.0. The van der Waals surface area contributed by atoms with Gasteiger partial charge in [-0.1, -0.05) is 34.1 Å². The summed E-state index contributed by atoms with van der Waals surface area (Å²) in [7, 11) is 0. The average Bonchev–Trinajstić information content (AvgIpc) is 2.32. The topological polar surface area (TPSA) is 12.5 Å². The smallest absolute Gasteiger partial charge is 0.0480 e. The Bertz CT molecular complexity index is 122. The lowest BCUT2D eigenvalue weighted by Gasteiger charge is -2.36. The van der Waals surface area contributed by atoms with Crippen LogP contribution in [0.2, 0.25) is 0 Å². The molecular formula is C14H31NO. The van der Waals surface area contributed by atoms with Crippen molar-refractivity contribution in [1.82, 2.24) is 4.90 Å². The van der Waals surface area contributed by atoms with Crippen LogP contribution in [0.5, 0.6) is 0 Å². The number of likely N-dealkylation sites (tertiary alicyclic amines) is 1. The first kappa shape index (κ1) is 15.9. The number of rotatable bonds is 1. The first-order chi connectivity index (χ1) is 7.38. The molecule has 0 radical (unpaired) electrons. The van der Waals surface area contributed by atoms with Crippen LogP contribution in [0, 0.1) is 0 Å². The van der Waals surface area contributed by atoms with Crippen molar-refractivity contribution in [3.05, 3.63) is 0 Å². The minimum Gasteiger partial charge on any atom is -0.381 e. The fraction of sp³-hybridized carbons (Fsp3) is 1.00. The highest BCUT2D eigenvalue weighted by Crippen LogP contribution is 2.19. The minimum absolute atomic E-state index is 0. The van der Waals surface area contributed by atoms with E-state index in [0.717, 1.165) is 19.3 Å².